The summed E-state index contributed by atoms with van der Waals surface area (Å²) in [7, 11) is 4.63. The van der Waals surface area contributed by atoms with E-state index in [1.165, 1.54) is 23.1 Å². The lowest BCUT2D eigenvalue weighted by molar-refractivity contribution is -0.136. The maximum atomic E-state index is 12.9. The SMILES string of the molecule is COc1ccc(C2=C(N3CCc4ccccc4C3)C(=O)N(C)C2=O)cc1OC. The van der Waals surface area contributed by atoms with Crippen LogP contribution < -0.4 is 9.47 Å². The van der Waals surface area contributed by atoms with Gasteiger partial charge in [0.25, 0.3) is 11.8 Å². The molecule has 2 heterocycles. The van der Waals surface area contributed by atoms with Gasteiger partial charge in [0.1, 0.15) is 5.70 Å². The molecule has 6 nitrogen and oxygen atoms in total. The summed E-state index contributed by atoms with van der Waals surface area (Å²) in [6, 6.07) is 13.5. The van der Waals surface area contributed by atoms with Crippen molar-refractivity contribution in [3.8, 4) is 11.5 Å². The molecule has 0 saturated heterocycles. The van der Waals surface area contributed by atoms with Crippen LogP contribution in [0.2, 0.25) is 0 Å². The first-order valence-electron chi connectivity index (χ1n) is 9.16. The molecule has 28 heavy (non-hydrogen) atoms. The van der Waals surface area contributed by atoms with Gasteiger partial charge in [-0.3, -0.25) is 14.5 Å². The van der Waals surface area contributed by atoms with Gasteiger partial charge in [0.2, 0.25) is 0 Å². The van der Waals surface area contributed by atoms with Crippen LogP contribution in [0.1, 0.15) is 16.7 Å². The van der Waals surface area contributed by atoms with Gasteiger partial charge in [0.15, 0.2) is 11.5 Å². The number of amides is 2. The van der Waals surface area contributed by atoms with Crippen molar-refractivity contribution >= 4 is 17.4 Å². The Balaban J connectivity index is 1.81. The van der Waals surface area contributed by atoms with Gasteiger partial charge >= 0.3 is 0 Å². The number of imide groups is 1. The second-order valence-corrected chi connectivity index (χ2v) is 6.90. The first-order valence-corrected chi connectivity index (χ1v) is 9.16. The molecule has 4 rings (SSSR count). The van der Waals surface area contributed by atoms with Crippen molar-refractivity contribution in [3.63, 3.8) is 0 Å². The second-order valence-electron chi connectivity index (χ2n) is 6.90. The molecule has 0 aliphatic carbocycles. The third-order valence-electron chi connectivity index (χ3n) is 5.38. The fraction of sp³-hybridized carbons (Fsp3) is 0.273. The zero-order valence-corrected chi connectivity index (χ0v) is 16.2. The number of carbonyl (C=O) groups is 2. The number of nitrogens with zero attached hydrogens (tertiary/aromatic N) is 2. The highest BCUT2D eigenvalue weighted by atomic mass is 16.5. The van der Waals surface area contributed by atoms with E-state index in [-0.39, 0.29) is 11.8 Å². The number of hydrogen-bond acceptors (Lipinski definition) is 5. The van der Waals surface area contributed by atoms with E-state index in [0.29, 0.717) is 41.4 Å². The van der Waals surface area contributed by atoms with Gasteiger partial charge in [-0.1, -0.05) is 30.3 Å². The van der Waals surface area contributed by atoms with E-state index in [1.807, 2.05) is 17.0 Å². The van der Waals surface area contributed by atoms with Crippen molar-refractivity contribution in [1.29, 1.82) is 0 Å². The van der Waals surface area contributed by atoms with Crippen LogP contribution in [0.15, 0.2) is 48.2 Å². The molecule has 2 aliphatic rings. The van der Waals surface area contributed by atoms with E-state index in [0.717, 1.165) is 6.42 Å². The molecule has 2 amide bonds. The van der Waals surface area contributed by atoms with E-state index >= 15 is 0 Å². The average molecular weight is 378 g/mol. The zero-order valence-electron chi connectivity index (χ0n) is 16.2. The Morgan fingerprint density at radius 1 is 0.893 bits per heavy atom. The number of likely N-dealkylation sites (N-methyl/N-ethyl adjacent to an activating group) is 1. The van der Waals surface area contributed by atoms with Crippen LogP contribution in [-0.2, 0) is 22.6 Å². The molecule has 0 unspecified atom stereocenters. The third kappa shape index (κ3) is 2.81. The first-order chi connectivity index (χ1) is 13.5. The lowest BCUT2D eigenvalue weighted by atomic mass is 9.97. The molecule has 0 bridgehead atoms. The van der Waals surface area contributed by atoms with E-state index in [4.69, 9.17) is 9.47 Å². The molecule has 2 aromatic carbocycles. The molecule has 0 saturated carbocycles. The molecule has 6 heteroatoms. The maximum Gasteiger partial charge on any atom is 0.277 e. The number of hydrogen-bond donors (Lipinski definition) is 0. The smallest absolute Gasteiger partial charge is 0.277 e. The third-order valence-corrected chi connectivity index (χ3v) is 5.38. The van der Waals surface area contributed by atoms with Crippen molar-refractivity contribution in [1.82, 2.24) is 9.80 Å². The van der Waals surface area contributed by atoms with Gasteiger partial charge < -0.3 is 14.4 Å². The van der Waals surface area contributed by atoms with Crippen LogP contribution in [0.3, 0.4) is 0 Å². The van der Waals surface area contributed by atoms with Gasteiger partial charge in [0.05, 0.1) is 19.8 Å². The normalized spacial score (nSPS) is 16.5. The topological polar surface area (TPSA) is 59.1 Å². The summed E-state index contributed by atoms with van der Waals surface area (Å²) in [6.07, 6.45) is 0.837. The Labute approximate surface area is 164 Å². The largest absolute Gasteiger partial charge is 0.493 e. The van der Waals surface area contributed by atoms with Gasteiger partial charge in [-0.05, 0) is 35.2 Å². The molecule has 0 atom stereocenters. The summed E-state index contributed by atoms with van der Waals surface area (Å²) >= 11 is 0. The molecule has 0 fully saturated rings. The molecular formula is C22H22N2O4. The van der Waals surface area contributed by atoms with Crippen molar-refractivity contribution in [3.05, 3.63) is 64.9 Å². The van der Waals surface area contributed by atoms with E-state index in [9.17, 15) is 9.59 Å². The summed E-state index contributed by atoms with van der Waals surface area (Å²) in [5.74, 6) is 0.524. The minimum atomic E-state index is -0.300. The minimum Gasteiger partial charge on any atom is -0.493 e. The molecule has 0 N–H and O–H groups in total. The van der Waals surface area contributed by atoms with Crippen molar-refractivity contribution in [2.24, 2.45) is 0 Å². The molecule has 0 spiro atoms. The Morgan fingerprint density at radius 3 is 2.32 bits per heavy atom. The van der Waals surface area contributed by atoms with Crippen molar-refractivity contribution in [2.75, 3.05) is 27.8 Å². The summed E-state index contributed by atoms with van der Waals surface area (Å²) in [5, 5.41) is 0. The Kier molecular flexibility index (Phi) is 4.55. The Morgan fingerprint density at radius 2 is 1.61 bits per heavy atom. The average Bonchev–Trinajstić information content (AvgIpc) is 2.96. The Bertz CT molecular complexity index is 996. The van der Waals surface area contributed by atoms with Crippen LogP contribution >= 0.6 is 0 Å². The van der Waals surface area contributed by atoms with Crippen molar-refractivity contribution < 1.29 is 19.1 Å². The predicted octanol–water partition coefficient (Wildman–Crippen LogP) is 2.47. The maximum absolute atomic E-state index is 12.9. The lowest BCUT2D eigenvalue weighted by Gasteiger charge is -2.31. The van der Waals surface area contributed by atoms with E-state index < -0.39 is 0 Å². The second kappa shape index (κ2) is 7.03. The number of benzene rings is 2. The molecule has 0 radical (unpaired) electrons. The van der Waals surface area contributed by atoms with E-state index in [2.05, 4.69) is 12.1 Å². The fourth-order valence-electron chi connectivity index (χ4n) is 3.86. The van der Waals surface area contributed by atoms with Crippen LogP contribution in [0.5, 0.6) is 11.5 Å². The number of ether oxygens (including phenoxy) is 2. The highest BCUT2D eigenvalue weighted by Crippen LogP contribution is 2.37. The number of rotatable bonds is 4. The van der Waals surface area contributed by atoms with Crippen LogP contribution in [-0.4, -0.2) is 49.4 Å². The number of carbonyl (C=O) groups excluding carboxylic acids is 2. The summed E-state index contributed by atoms with van der Waals surface area (Å²) < 4.78 is 10.7. The van der Waals surface area contributed by atoms with Gasteiger partial charge in [-0.15, -0.1) is 0 Å². The molecule has 2 aromatic rings. The molecule has 144 valence electrons. The quantitative estimate of drug-likeness (QED) is 0.765. The Hall–Kier alpha value is -3.28. The highest BCUT2D eigenvalue weighted by Gasteiger charge is 2.40. The zero-order chi connectivity index (χ0) is 19.8. The monoisotopic (exact) mass is 378 g/mol. The van der Waals surface area contributed by atoms with Crippen LogP contribution in [0.25, 0.3) is 5.57 Å². The first kappa shape index (κ1) is 18.1. The fourth-order valence-corrected chi connectivity index (χ4v) is 3.86. The molecule has 0 aromatic heterocycles. The van der Waals surface area contributed by atoms with Gasteiger partial charge in [0, 0.05) is 20.1 Å². The van der Waals surface area contributed by atoms with Crippen LogP contribution in [0.4, 0.5) is 0 Å². The van der Waals surface area contributed by atoms with Gasteiger partial charge in [-0.2, -0.15) is 0 Å². The number of methoxy groups -OCH3 is 2. The number of fused-ring (bicyclic) bond motifs is 1. The van der Waals surface area contributed by atoms with E-state index in [1.54, 1.807) is 32.4 Å². The van der Waals surface area contributed by atoms with Crippen molar-refractivity contribution in [2.45, 2.75) is 13.0 Å². The molecular weight excluding hydrogens is 356 g/mol. The molecule has 2 aliphatic heterocycles. The summed E-state index contributed by atoms with van der Waals surface area (Å²) in [6.45, 7) is 1.30. The standard InChI is InChI=1S/C22H22N2O4/c1-23-21(25)19(15-8-9-17(27-2)18(12-15)28-3)20(22(23)26)24-11-10-14-6-4-5-7-16(14)13-24/h4-9,12H,10-11,13H2,1-3H3. The summed E-state index contributed by atoms with van der Waals surface area (Å²) in [4.78, 5) is 29.0. The van der Waals surface area contributed by atoms with Crippen LogP contribution in [0, 0.1) is 0 Å². The minimum absolute atomic E-state index is 0.269. The van der Waals surface area contributed by atoms with Gasteiger partial charge in [-0.25, -0.2) is 0 Å². The predicted molar refractivity (Wildman–Crippen MR) is 105 cm³/mol. The lowest BCUT2D eigenvalue weighted by Crippen LogP contribution is -2.35. The highest BCUT2D eigenvalue weighted by molar-refractivity contribution is 6.35. The summed E-state index contributed by atoms with van der Waals surface area (Å²) in [5.41, 5.74) is 3.98.